The zero-order chi connectivity index (χ0) is 18.0. The van der Waals surface area contributed by atoms with E-state index in [0.29, 0.717) is 13.0 Å². The number of rotatable bonds is 3. The van der Waals surface area contributed by atoms with Gasteiger partial charge in [0.2, 0.25) is 0 Å². The molecule has 130 valence electrons. The number of benzene rings is 1. The van der Waals surface area contributed by atoms with E-state index in [4.69, 9.17) is 4.74 Å². The van der Waals surface area contributed by atoms with Gasteiger partial charge in [-0.25, -0.2) is 8.42 Å². The average Bonchev–Trinajstić information content (AvgIpc) is 2.83. The van der Waals surface area contributed by atoms with Gasteiger partial charge in [-0.05, 0) is 32.4 Å². The lowest BCUT2D eigenvalue weighted by atomic mass is 10.1. The average molecular weight is 351 g/mol. The Morgan fingerprint density at radius 1 is 1.38 bits per heavy atom. The fraction of sp³-hybridized carbons (Fsp3) is 0.500. The Kier molecular flexibility index (Phi) is 5.22. The molecule has 0 aliphatic carbocycles. The second-order valence-electron chi connectivity index (χ2n) is 6.10. The number of nitrogens with zero attached hydrogens (tertiary/aromatic N) is 3. The minimum Gasteiger partial charge on any atom is -0.360 e. The molecular weight excluding hydrogens is 330 g/mol. The molecule has 1 saturated heterocycles. The van der Waals surface area contributed by atoms with Crippen molar-refractivity contribution in [1.29, 1.82) is 0 Å². The second kappa shape index (κ2) is 6.84. The van der Waals surface area contributed by atoms with Crippen LogP contribution in [0.25, 0.3) is 5.53 Å². The van der Waals surface area contributed by atoms with Gasteiger partial charge in [0, 0.05) is 0 Å². The van der Waals surface area contributed by atoms with Crippen molar-refractivity contribution in [3.63, 3.8) is 0 Å². The number of sulfone groups is 1. The van der Waals surface area contributed by atoms with Crippen LogP contribution >= 0.6 is 0 Å². The third-order valence-corrected chi connectivity index (χ3v) is 5.65. The number of carbonyl (C=O) groups is 1. The molecule has 0 N–H and O–H groups in total. The first-order valence-electron chi connectivity index (χ1n) is 7.75. The molecule has 1 heterocycles. The zero-order valence-electron chi connectivity index (χ0n) is 14.0. The lowest BCUT2D eigenvalue weighted by Gasteiger charge is -2.32. The number of ether oxygens (including phenoxy) is 1. The summed E-state index contributed by atoms with van der Waals surface area (Å²) in [7, 11) is -4.22. The van der Waals surface area contributed by atoms with Gasteiger partial charge in [0.1, 0.15) is 5.72 Å². The molecule has 1 atom stereocenters. The summed E-state index contributed by atoms with van der Waals surface area (Å²) < 4.78 is 30.9. The molecule has 0 spiro atoms. The van der Waals surface area contributed by atoms with E-state index in [1.807, 2.05) is 6.92 Å². The van der Waals surface area contributed by atoms with Gasteiger partial charge in [0.25, 0.3) is 9.84 Å². The molecule has 1 aliphatic rings. The first-order chi connectivity index (χ1) is 11.3. The van der Waals surface area contributed by atoms with E-state index in [1.165, 1.54) is 29.2 Å². The van der Waals surface area contributed by atoms with E-state index in [9.17, 15) is 18.7 Å². The minimum atomic E-state index is -4.22. The predicted molar refractivity (Wildman–Crippen MR) is 87.8 cm³/mol. The Bertz CT molecular complexity index is 768. The molecule has 1 amide bonds. The van der Waals surface area contributed by atoms with Crippen LogP contribution in [0.4, 0.5) is 0 Å². The topological polar surface area (TPSA) is 100 Å². The molecule has 0 aromatic heterocycles. The molecule has 1 aliphatic heterocycles. The highest BCUT2D eigenvalue weighted by atomic mass is 32.2. The molecule has 24 heavy (non-hydrogen) atoms. The Morgan fingerprint density at radius 2 is 2.00 bits per heavy atom. The van der Waals surface area contributed by atoms with Gasteiger partial charge < -0.3 is 10.3 Å². The second-order valence-corrected chi connectivity index (χ2v) is 7.96. The van der Waals surface area contributed by atoms with Crippen LogP contribution in [0.2, 0.25) is 0 Å². The van der Waals surface area contributed by atoms with Gasteiger partial charge in [-0.2, -0.15) is 0 Å². The van der Waals surface area contributed by atoms with Crippen LogP contribution in [0.3, 0.4) is 0 Å². The van der Waals surface area contributed by atoms with Crippen LogP contribution in [0, 0.1) is 0 Å². The summed E-state index contributed by atoms with van der Waals surface area (Å²) in [5.74, 6) is -0.859. The highest BCUT2D eigenvalue weighted by Gasteiger charge is 2.50. The lowest BCUT2D eigenvalue weighted by Crippen LogP contribution is -2.52. The Labute approximate surface area is 141 Å². The minimum absolute atomic E-state index is 0.101. The van der Waals surface area contributed by atoms with Crippen LogP contribution in [-0.4, -0.2) is 47.4 Å². The van der Waals surface area contributed by atoms with Gasteiger partial charge in [-0.3, -0.25) is 9.69 Å². The first-order valence-corrected chi connectivity index (χ1v) is 9.23. The van der Waals surface area contributed by atoms with Crippen molar-refractivity contribution in [2.45, 2.75) is 50.3 Å². The molecule has 1 fully saturated rings. The van der Waals surface area contributed by atoms with Gasteiger partial charge in [0.15, 0.2) is 0 Å². The maximum Gasteiger partial charge on any atom is 0.473 e. The van der Waals surface area contributed by atoms with Crippen molar-refractivity contribution >= 4 is 20.8 Å². The van der Waals surface area contributed by atoms with Crippen LogP contribution < -0.4 is 0 Å². The van der Waals surface area contributed by atoms with Gasteiger partial charge >= 0.3 is 11.0 Å². The van der Waals surface area contributed by atoms with Crippen LogP contribution in [0.15, 0.2) is 35.2 Å². The van der Waals surface area contributed by atoms with Crippen LogP contribution in [0.1, 0.15) is 33.6 Å². The molecule has 0 bridgehead atoms. The molecular formula is C16H21N3O4S. The smallest absolute Gasteiger partial charge is 0.360 e. The quantitative estimate of drug-likeness (QED) is 0.359. The van der Waals surface area contributed by atoms with Crippen LogP contribution in [-0.2, 0) is 19.4 Å². The van der Waals surface area contributed by atoms with E-state index < -0.39 is 26.5 Å². The summed E-state index contributed by atoms with van der Waals surface area (Å²) in [4.78, 5) is 16.9. The third-order valence-electron chi connectivity index (χ3n) is 4.00. The number of hydrogen-bond donors (Lipinski definition) is 0. The summed E-state index contributed by atoms with van der Waals surface area (Å²) in [6, 6.07) is 7.17. The van der Waals surface area contributed by atoms with E-state index in [0.717, 1.165) is 6.42 Å². The van der Waals surface area contributed by atoms with Crippen molar-refractivity contribution in [2.24, 2.45) is 0 Å². The Morgan fingerprint density at radius 3 is 2.54 bits per heavy atom. The SMILES string of the molecule is CCCC1COC(C)(C)N1C(=O)C(=[N+]=[N-])S(=O)(=O)c1ccccc1. The Balaban J connectivity index is 2.44. The Hall–Kier alpha value is -2.02. The summed E-state index contributed by atoms with van der Waals surface area (Å²) in [6.07, 6.45) is 1.48. The summed E-state index contributed by atoms with van der Waals surface area (Å²) >= 11 is 0. The van der Waals surface area contributed by atoms with Gasteiger partial charge in [0.05, 0.1) is 17.5 Å². The van der Waals surface area contributed by atoms with E-state index in [-0.39, 0.29) is 10.9 Å². The van der Waals surface area contributed by atoms with Crippen molar-refractivity contribution in [1.82, 2.24) is 4.90 Å². The number of hydrogen-bond acceptors (Lipinski definition) is 4. The molecule has 7 nitrogen and oxygen atoms in total. The molecule has 0 saturated carbocycles. The normalized spacial score (nSPS) is 19.8. The number of carbonyl (C=O) groups excluding carboxylic acids is 1. The monoisotopic (exact) mass is 351 g/mol. The molecule has 1 unspecified atom stereocenters. The maximum absolute atomic E-state index is 12.9. The fourth-order valence-electron chi connectivity index (χ4n) is 2.87. The summed E-state index contributed by atoms with van der Waals surface area (Å²) in [6.45, 7) is 5.65. The standard InChI is InChI=1S/C16H21N3O4S/c1-4-8-12-11-23-16(2,3)19(12)15(20)14(18-17)24(21,22)13-9-6-5-7-10-13/h5-7,9-10,12H,4,8,11H2,1-3H3. The van der Waals surface area contributed by atoms with E-state index in [1.54, 1.807) is 19.9 Å². The van der Waals surface area contributed by atoms with Crippen molar-refractivity contribution in [3.05, 3.63) is 35.9 Å². The van der Waals surface area contributed by atoms with Crippen molar-refractivity contribution < 1.29 is 22.7 Å². The largest absolute Gasteiger partial charge is 0.473 e. The van der Waals surface area contributed by atoms with Crippen LogP contribution in [0.5, 0.6) is 0 Å². The van der Waals surface area contributed by atoms with E-state index in [2.05, 4.69) is 4.79 Å². The summed E-state index contributed by atoms with van der Waals surface area (Å²) in [5, 5.41) is -0.895. The van der Waals surface area contributed by atoms with Crippen molar-refractivity contribution in [2.75, 3.05) is 6.61 Å². The molecule has 1 aromatic rings. The van der Waals surface area contributed by atoms with Crippen molar-refractivity contribution in [3.8, 4) is 0 Å². The first kappa shape index (κ1) is 18.3. The summed E-state index contributed by atoms with van der Waals surface area (Å²) in [5.41, 5.74) is 8.29. The maximum atomic E-state index is 12.9. The predicted octanol–water partition coefficient (Wildman–Crippen LogP) is 1.85. The lowest BCUT2D eigenvalue weighted by molar-refractivity contribution is -0.142. The van der Waals surface area contributed by atoms with E-state index >= 15 is 0 Å². The fourth-order valence-corrected chi connectivity index (χ4v) is 4.04. The molecule has 0 radical (unpaired) electrons. The highest BCUT2D eigenvalue weighted by molar-refractivity contribution is 8.08. The zero-order valence-corrected chi connectivity index (χ0v) is 14.8. The molecule has 2 rings (SSSR count). The molecule has 1 aromatic carbocycles. The third kappa shape index (κ3) is 3.26. The van der Waals surface area contributed by atoms with Gasteiger partial charge in [-0.15, -0.1) is 4.79 Å². The van der Waals surface area contributed by atoms with Gasteiger partial charge in [-0.1, -0.05) is 31.5 Å². The molecule has 8 heteroatoms. The number of amides is 1. The highest BCUT2D eigenvalue weighted by Crippen LogP contribution is 2.30.